The molecule has 1 aromatic heterocycles. The van der Waals surface area contributed by atoms with Gasteiger partial charge in [0.25, 0.3) is 5.91 Å². The van der Waals surface area contributed by atoms with Crippen molar-refractivity contribution in [3.63, 3.8) is 0 Å². The van der Waals surface area contributed by atoms with E-state index >= 15 is 0 Å². The first kappa shape index (κ1) is 16.3. The van der Waals surface area contributed by atoms with E-state index in [1.807, 2.05) is 60.8 Å². The summed E-state index contributed by atoms with van der Waals surface area (Å²) in [7, 11) is 0. The quantitative estimate of drug-likeness (QED) is 0.651. The van der Waals surface area contributed by atoms with Gasteiger partial charge in [0.05, 0.1) is 6.10 Å². The molecule has 0 radical (unpaired) electrons. The van der Waals surface area contributed by atoms with Gasteiger partial charge in [-0.2, -0.15) is 0 Å². The van der Waals surface area contributed by atoms with Crippen molar-refractivity contribution < 1.29 is 9.90 Å². The zero-order valence-electron chi connectivity index (χ0n) is 13.7. The van der Waals surface area contributed by atoms with Gasteiger partial charge in [-0.15, -0.1) is 0 Å². The van der Waals surface area contributed by atoms with Crippen molar-refractivity contribution in [3.8, 4) is 0 Å². The summed E-state index contributed by atoms with van der Waals surface area (Å²) in [6, 6.07) is 17.6. The van der Waals surface area contributed by atoms with Crippen molar-refractivity contribution in [2.75, 3.05) is 6.54 Å². The fraction of sp³-hybridized carbons (Fsp3) is 0.250. The summed E-state index contributed by atoms with van der Waals surface area (Å²) in [6.07, 6.45) is 2.03. The van der Waals surface area contributed by atoms with E-state index in [2.05, 4.69) is 10.3 Å². The van der Waals surface area contributed by atoms with Gasteiger partial charge < -0.3 is 15.4 Å². The fourth-order valence-electron chi connectivity index (χ4n) is 3.07. The van der Waals surface area contributed by atoms with E-state index < -0.39 is 6.10 Å². The number of hydrogen-bond acceptors (Lipinski definition) is 2. The highest BCUT2D eigenvalue weighted by Crippen LogP contribution is 2.21. The summed E-state index contributed by atoms with van der Waals surface area (Å²) in [5.74, 6) is -0.00713. The molecule has 0 bridgehead atoms. The Bertz CT molecular complexity index is 809. The minimum absolute atomic E-state index is 0.0839. The van der Waals surface area contributed by atoms with Gasteiger partial charge in [-0.3, -0.25) is 4.79 Å². The molecule has 0 fully saturated rings. The van der Waals surface area contributed by atoms with Crippen LogP contribution in [0.1, 0.15) is 35.2 Å². The van der Waals surface area contributed by atoms with Crippen LogP contribution in [-0.4, -0.2) is 28.6 Å². The number of hydrogen-bond donors (Lipinski definition) is 3. The Hall–Kier alpha value is -2.59. The van der Waals surface area contributed by atoms with Gasteiger partial charge in [0, 0.05) is 35.1 Å². The molecule has 0 spiro atoms. The van der Waals surface area contributed by atoms with Crippen LogP contribution in [0, 0.1) is 0 Å². The van der Waals surface area contributed by atoms with E-state index in [0.29, 0.717) is 18.5 Å². The SMILES string of the molecule is CC(O)CC(CNC(=O)c1cccc2[nH]ccc12)c1ccccc1. The van der Waals surface area contributed by atoms with Crippen LogP contribution in [0.5, 0.6) is 0 Å². The lowest BCUT2D eigenvalue weighted by atomic mass is 9.93. The van der Waals surface area contributed by atoms with Gasteiger partial charge in [-0.05, 0) is 37.1 Å². The van der Waals surface area contributed by atoms with Crippen LogP contribution in [-0.2, 0) is 0 Å². The van der Waals surface area contributed by atoms with E-state index in [-0.39, 0.29) is 11.8 Å². The van der Waals surface area contributed by atoms with Crippen LogP contribution < -0.4 is 5.32 Å². The van der Waals surface area contributed by atoms with Crippen LogP contribution in [0.4, 0.5) is 0 Å². The Morgan fingerprint density at radius 2 is 1.92 bits per heavy atom. The Morgan fingerprint density at radius 3 is 2.67 bits per heavy atom. The molecule has 0 aliphatic carbocycles. The molecule has 0 saturated carbocycles. The lowest BCUT2D eigenvalue weighted by Gasteiger charge is -2.20. The van der Waals surface area contributed by atoms with Crippen molar-refractivity contribution in [1.82, 2.24) is 10.3 Å². The lowest BCUT2D eigenvalue weighted by molar-refractivity contribution is 0.0947. The molecule has 0 aliphatic heterocycles. The highest BCUT2D eigenvalue weighted by molar-refractivity contribution is 6.06. The normalized spacial score (nSPS) is 13.6. The van der Waals surface area contributed by atoms with Crippen LogP contribution in [0.2, 0.25) is 0 Å². The predicted molar refractivity (Wildman–Crippen MR) is 96.1 cm³/mol. The first-order chi connectivity index (χ1) is 11.6. The number of benzene rings is 2. The summed E-state index contributed by atoms with van der Waals surface area (Å²) in [4.78, 5) is 15.7. The van der Waals surface area contributed by atoms with Gasteiger partial charge in [0.15, 0.2) is 0 Å². The zero-order chi connectivity index (χ0) is 16.9. The molecular weight excluding hydrogens is 300 g/mol. The molecular formula is C20H22N2O2. The molecule has 4 heteroatoms. The molecule has 3 aromatic rings. The van der Waals surface area contributed by atoms with E-state index in [1.165, 1.54) is 0 Å². The molecule has 0 saturated heterocycles. The van der Waals surface area contributed by atoms with Crippen molar-refractivity contribution in [3.05, 3.63) is 71.9 Å². The number of carbonyl (C=O) groups is 1. The van der Waals surface area contributed by atoms with Gasteiger partial charge >= 0.3 is 0 Å². The van der Waals surface area contributed by atoms with Gasteiger partial charge in [-0.1, -0.05) is 36.4 Å². The minimum Gasteiger partial charge on any atom is -0.393 e. The Kier molecular flexibility index (Phi) is 4.96. The smallest absolute Gasteiger partial charge is 0.251 e. The maximum Gasteiger partial charge on any atom is 0.251 e. The second-order valence-corrected chi connectivity index (χ2v) is 6.15. The number of amides is 1. The summed E-state index contributed by atoms with van der Waals surface area (Å²) < 4.78 is 0. The first-order valence-corrected chi connectivity index (χ1v) is 8.22. The molecule has 2 unspecified atom stereocenters. The summed E-state index contributed by atoms with van der Waals surface area (Å²) in [6.45, 7) is 2.27. The predicted octanol–water partition coefficient (Wildman–Crippen LogP) is 3.45. The molecule has 1 heterocycles. The largest absolute Gasteiger partial charge is 0.393 e. The molecule has 2 atom stereocenters. The molecule has 4 nitrogen and oxygen atoms in total. The Balaban J connectivity index is 1.74. The highest BCUT2D eigenvalue weighted by Gasteiger charge is 2.17. The number of carbonyl (C=O) groups excluding carboxylic acids is 1. The van der Waals surface area contributed by atoms with E-state index in [9.17, 15) is 9.90 Å². The molecule has 1 amide bonds. The van der Waals surface area contributed by atoms with Crippen LogP contribution >= 0.6 is 0 Å². The average Bonchev–Trinajstić information content (AvgIpc) is 3.07. The van der Waals surface area contributed by atoms with Gasteiger partial charge in [0.1, 0.15) is 0 Å². The van der Waals surface area contributed by atoms with E-state index in [4.69, 9.17) is 0 Å². The second kappa shape index (κ2) is 7.32. The van der Waals surface area contributed by atoms with Gasteiger partial charge in [0.2, 0.25) is 0 Å². The Morgan fingerprint density at radius 1 is 1.12 bits per heavy atom. The van der Waals surface area contributed by atoms with Crippen molar-refractivity contribution >= 4 is 16.8 Å². The number of H-pyrrole nitrogens is 1. The third-order valence-electron chi connectivity index (χ3n) is 4.25. The number of aliphatic hydroxyl groups is 1. The number of nitrogens with one attached hydrogen (secondary N) is 2. The topological polar surface area (TPSA) is 65.1 Å². The second-order valence-electron chi connectivity index (χ2n) is 6.15. The van der Waals surface area contributed by atoms with E-state index in [0.717, 1.165) is 16.5 Å². The lowest BCUT2D eigenvalue weighted by Crippen LogP contribution is -2.29. The number of aromatic nitrogens is 1. The van der Waals surface area contributed by atoms with Crippen molar-refractivity contribution in [2.45, 2.75) is 25.4 Å². The molecule has 3 rings (SSSR count). The number of rotatable bonds is 6. The molecule has 0 aliphatic rings. The maximum absolute atomic E-state index is 12.6. The fourth-order valence-corrected chi connectivity index (χ4v) is 3.07. The third kappa shape index (κ3) is 3.66. The summed E-state index contributed by atoms with van der Waals surface area (Å²) in [5.41, 5.74) is 2.74. The van der Waals surface area contributed by atoms with Crippen molar-refractivity contribution in [2.24, 2.45) is 0 Å². The zero-order valence-corrected chi connectivity index (χ0v) is 13.7. The summed E-state index contributed by atoms with van der Waals surface area (Å²) >= 11 is 0. The number of aromatic amines is 1. The Labute approximate surface area is 141 Å². The standard InChI is InChI=1S/C20H22N2O2/c1-14(23)12-16(15-6-3-2-4-7-15)13-22-20(24)18-8-5-9-19-17(18)10-11-21-19/h2-11,14,16,21,23H,12-13H2,1H3,(H,22,24). The summed E-state index contributed by atoms with van der Waals surface area (Å²) in [5, 5.41) is 13.7. The third-order valence-corrected chi connectivity index (χ3v) is 4.25. The van der Waals surface area contributed by atoms with Crippen LogP contribution in [0.3, 0.4) is 0 Å². The molecule has 124 valence electrons. The number of aliphatic hydroxyl groups excluding tert-OH is 1. The molecule has 2 aromatic carbocycles. The van der Waals surface area contributed by atoms with Crippen LogP contribution in [0.25, 0.3) is 10.9 Å². The van der Waals surface area contributed by atoms with Gasteiger partial charge in [-0.25, -0.2) is 0 Å². The van der Waals surface area contributed by atoms with E-state index in [1.54, 1.807) is 6.92 Å². The first-order valence-electron chi connectivity index (χ1n) is 8.22. The highest BCUT2D eigenvalue weighted by atomic mass is 16.3. The number of fused-ring (bicyclic) bond motifs is 1. The minimum atomic E-state index is -0.416. The molecule has 24 heavy (non-hydrogen) atoms. The maximum atomic E-state index is 12.6. The molecule has 3 N–H and O–H groups in total. The average molecular weight is 322 g/mol. The monoisotopic (exact) mass is 322 g/mol. The van der Waals surface area contributed by atoms with Crippen LogP contribution in [0.15, 0.2) is 60.8 Å². The van der Waals surface area contributed by atoms with Crippen molar-refractivity contribution in [1.29, 1.82) is 0 Å².